The molecule has 2 heteroatoms. The second-order valence-electron chi connectivity index (χ2n) is 5.77. The van der Waals surface area contributed by atoms with Crippen LogP contribution < -0.4 is 0 Å². The molecule has 22 heavy (non-hydrogen) atoms. The Morgan fingerprint density at radius 3 is 1.55 bits per heavy atom. The number of aromatic hydroxyl groups is 2. The van der Waals surface area contributed by atoms with E-state index in [0.29, 0.717) is 5.92 Å². The fraction of sp³-hybridized carbons (Fsp3) is 0.200. The van der Waals surface area contributed by atoms with Gasteiger partial charge in [0, 0.05) is 17.0 Å². The average molecular weight is 294 g/mol. The molecule has 0 aliphatic heterocycles. The van der Waals surface area contributed by atoms with Gasteiger partial charge < -0.3 is 10.2 Å². The zero-order chi connectivity index (χ0) is 16.3. The van der Waals surface area contributed by atoms with Crippen molar-refractivity contribution < 1.29 is 10.2 Å². The van der Waals surface area contributed by atoms with E-state index in [4.69, 9.17) is 0 Å². The smallest absolute Gasteiger partial charge is 0.122 e. The van der Waals surface area contributed by atoms with Crippen molar-refractivity contribution in [3.8, 4) is 11.5 Å². The van der Waals surface area contributed by atoms with Crippen molar-refractivity contribution >= 4 is 12.2 Å². The Kier molecular flexibility index (Phi) is 4.71. The van der Waals surface area contributed by atoms with E-state index < -0.39 is 0 Å². The molecule has 2 rings (SSSR count). The van der Waals surface area contributed by atoms with Crippen LogP contribution in [0, 0.1) is 5.92 Å². The first-order valence-corrected chi connectivity index (χ1v) is 7.38. The lowest BCUT2D eigenvalue weighted by Gasteiger charge is -2.23. The van der Waals surface area contributed by atoms with Crippen molar-refractivity contribution in [2.75, 3.05) is 0 Å². The molecule has 0 unspecified atom stereocenters. The van der Waals surface area contributed by atoms with E-state index >= 15 is 0 Å². The number of hydrogen-bond donors (Lipinski definition) is 2. The SMILES string of the molecule is C=Cc1cc(C(c2ccc(O)c(C=C)c2)C(C)C)ccc1O. The van der Waals surface area contributed by atoms with Crippen LogP contribution in [-0.2, 0) is 0 Å². The lowest BCUT2D eigenvalue weighted by atomic mass is 9.81. The van der Waals surface area contributed by atoms with Crippen LogP contribution in [0.15, 0.2) is 49.6 Å². The maximum atomic E-state index is 9.83. The molecule has 0 spiro atoms. The van der Waals surface area contributed by atoms with Gasteiger partial charge in [-0.05, 0) is 41.3 Å². The summed E-state index contributed by atoms with van der Waals surface area (Å²) >= 11 is 0. The third-order valence-electron chi connectivity index (χ3n) is 3.93. The number of phenols is 2. The summed E-state index contributed by atoms with van der Waals surface area (Å²) in [5, 5.41) is 19.7. The van der Waals surface area contributed by atoms with E-state index in [1.807, 2.05) is 24.3 Å². The van der Waals surface area contributed by atoms with Crippen molar-refractivity contribution in [3.05, 3.63) is 71.8 Å². The first kappa shape index (κ1) is 15.9. The van der Waals surface area contributed by atoms with Gasteiger partial charge in [-0.25, -0.2) is 0 Å². The van der Waals surface area contributed by atoms with E-state index in [1.165, 1.54) is 0 Å². The number of rotatable bonds is 5. The standard InChI is InChI=1S/C20H22O2/c1-5-14-11-16(7-9-18(14)21)20(13(3)4)17-8-10-19(22)15(6-2)12-17/h5-13,20-22H,1-2H2,3-4H3. The maximum Gasteiger partial charge on any atom is 0.122 e. The predicted octanol–water partition coefficient (Wildman–Crippen LogP) is 5.17. The molecule has 0 heterocycles. The molecule has 0 saturated carbocycles. The van der Waals surface area contributed by atoms with Gasteiger partial charge in [-0.15, -0.1) is 0 Å². The maximum absolute atomic E-state index is 9.83. The van der Waals surface area contributed by atoms with E-state index in [-0.39, 0.29) is 17.4 Å². The first-order valence-electron chi connectivity index (χ1n) is 7.38. The highest BCUT2D eigenvalue weighted by Gasteiger charge is 2.20. The molecule has 0 saturated heterocycles. The van der Waals surface area contributed by atoms with Gasteiger partial charge in [-0.3, -0.25) is 0 Å². The highest BCUT2D eigenvalue weighted by molar-refractivity contribution is 5.59. The van der Waals surface area contributed by atoms with Gasteiger partial charge in [0.25, 0.3) is 0 Å². The van der Waals surface area contributed by atoms with Crippen LogP contribution in [0.5, 0.6) is 11.5 Å². The minimum atomic E-state index is 0.165. The summed E-state index contributed by atoms with van der Waals surface area (Å²) in [7, 11) is 0. The number of benzene rings is 2. The molecule has 0 aliphatic rings. The topological polar surface area (TPSA) is 40.5 Å². The zero-order valence-electron chi connectivity index (χ0n) is 13.1. The zero-order valence-corrected chi connectivity index (χ0v) is 13.1. The minimum absolute atomic E-state index is 0.165. The second-order valence-corrected chi connectivity index (χ2v) is 5.77. The molecule has 2 N–H and O–H groups in total. The molecule has 0 radical (unpaired) electrons. The minimum Gasteiger partial charge on any atom is -0.507 e. The monoisotopic (exact) mass is 294 g/mol. The third kappa shape index (κ3) is 3.06. The van der Waals surface area contributed by atoms with E-state index in [0.717, 1.165) is 22.3 Å². The predicted molar refractivity (Wildman–Crippen MR) is 93.1 cm³/mol. The molecule has 114 valence electrons. The Balaban J connectivity index is 2.55. The summed E-state index contributed by atoms with van der Waals surface area (Å²) in [6.07, 6.45) is 3.31. The largest absolute Gasteiger partial charge is 0.507 e. The number of phenolic OH excluding ortho intramolecular Hbond substituents is 2. The van der Waals surface area contributed by atoms with Crippen LogP contribution in [0.3, 0.4) is 0 Å². The lowest BCUT2D eigenvalue weighted by molar-refractivity contribution is 0.472. The van der Waals surface area contributed by atoms with E-state index in [2.05, 4.69) is 27.0 Å². The highest BCUT2D eigenvalue weighted by atomic mass is 16.3. The fourth-order valence-electron chi connectivity index (χ4n) is 2.82. The number of hydrogen-bond acceptors (Lipinski definition) is 2. The fourth-order valence-corrected chi connectivity index (χ4v) is 2.82. The molecule has 0 atom stereocenters. The van der Waals surface area contributed by atoms with Crippen molar-refractivity contribution in [2.24, 2.45) is 5.92 Å². The van der Waals surface area contributed by atoms with Crippen molar-refractivity contribution in [1.82, 2.24) is 0 Å². The average Bonchev–Trinajstić information content (AvgIpc) is 2.50. The van der Waals surface area contributed by atoms with E-state index in [1.54, 1.807) is 24.3 Å². The molecule has 0 aromatic heterocycles. The normalized spacial score (nSPS) is 10.9. The summed E-state index contributed by atoms with van der Waals surface area (Å²) < 4.78 is 0. The van der Waals surface area contributed by atoms with Crippen LogP contribution in [0.4, 0.5) is 0 Å². The lowest BCUT2D eigenvalue weighted by Crippen LogP contribution is -2.09. The molecule has 2 aromatic rings. The summed E-state index contributed by atoms with van der Waals surface area (Å²) in [6, 6.07) is 11.2. The van der Waals surface area contributed by atoms with Crippen LogP contribution in [0.2, 0.25) is 0 Å². The first-order chi connectivity index (χ1) is 10.5. The van der Waals surface area contributed by atoms with Crippen molar-refractivity contribution in [3.63, 3.8) is 0 Å². The van der Waals surface area contributed by atoms with Gasteiger partial charge in [0.05, 0.1) is 0 Å². The van der Waals surface area contributed by atoms with Gasteiger partial charge in [-0.1, -0.05) is 51.3 Å². The Morgan fingerprint density at radius 2 is 1.23 bits per heavy atom. The molecular formula is C20H22O2. The molecule has 2 nitrogen and oxygen atoms in total. The summed E-state index contributed by atoms with van der Waals surface area (Å²) in [4.78, 5) is 0. The quantitative estimate of drug-likeness (QED) is 0.798. The Morgan fingerprint density at radius 1 is 0.818 bits per heavy atom. The van der Waals surface area contributed by atoms with Crippen LogP contribution in [0.25, 0.3) is 12.2 Å². The molecule has 0 amide bonds. The van der Waals surface area contributed by atoms with Gasteiger partial charge in [-0.2, -0.15) is 0 Å². The Bertz CT molecular complexity index is 641. The van der Waals surface area contributed by atoms with Gasteiger partial charge in [0.1, 0.15) is 11.5 Å². The van der Waals surface area contributed by atoms with Gasteiger partial charge >= 0.3 is 0 Å². The van der Waals surface area contributed by atoms with E-state index in [9.17, 15) is 10.2 Å². The molecule has 0 fully saturated rings. The summed E-state index contributed by atoms with van der Waals surface area (Å²) in [5.41, 5.74) is 3.68. The Labute approximate surface area is 132 Å². The van der Waals surface area contributed by atoms with Crippen LogP contribution >= 0.6 is 0 Å². The van der Waals surface area contributed by atoms with Gasteiger partial charge in [0.2, 0.25) is 0 Å². The van der Waals surface area contributed by atoms with Crippen molar-refractivity contribution in [1.29, 1.82) is 0 Å². The van der Waals surface area contributed by atoms with Gasteiger partial charge in [0.15, 0.2) is 0 Å². The summed E-state index contributed by atoms with van der Waals surface area (Å²) in [6.45, 7) is 11.8. The molecule has 0 aliphatic carbocycles. The Hall–Kier alpha value is -2.48. The van der Waals surface area contributed by atoms with Crippen molar-refractivity contribution in [2.45, 2.75) is 19.8 Å². The molecule has 0 bridgehead atoms. The molecule has 2 aromatic carbocycles. The highest BCUT2D eigenvalue weighted by Crippen LogP contribution is 2.36. The van der Waals surface area contributed by atoms with Crippen LogP contribution in [0.1, 0.15) is 42.0 Å². The second kappa shape index (κ2) is 6.52. The third-order valence-corrected chi connectivity index (χ3v) is 3.93. The summed E-state index contributed by atoms with van der Waals surface area (Å²) in [5.74, 6) is 1.00. The van der Waals surface area contributed by atoms with Crippen LogP contribution in [-0.4, -0.2) is 10.2 Å². The molecular weight excluding hydrogens is 272 g/mol.